The molecule has 1 unspecified atom stereocenters. The van der Waals surface area contributed by atoms with Crippen LogP contribution in [0, 0.1) is 0 Å². The number of anilines is 2. The quantitative estimate of drug-likeness (QED) is 0.853. The minimum Gasteiger partial charge on any atom is -0.455 e. The molecular weight excluding hydrogens is 340 g/mol. The molecular formula is C18H18N2O4S. The van der Waals surface area contributed by atoms with Gasteiger partial charge in [0.05, 0.1) is 17.8 Å². The zero-order valence-electron chi connectivity index (χ0n) is 13.7. The Balaban J connectivity index is 1.70. The van der Waals surface area contributed by atoms with E-state index in [9.17, 15) is 14.4 Å². The summed E-state index contributed by atoms with van der Waals surface area (Å²) in [5.74, 6) is -0.943. The van der Waals surface area contributed by atoms with Gasteiger partial charge in [0.2, 0.25) is 5.91 Å². The van der Waals surface area contributed by atoms with Gasteiger partial charge in [-0.25, -0.2) is 0 Å². The second-order valence-corrected chi connectivity index (χ2v) is 6.83. The zero-order valence-corrected chi connectivity index (χ0v) is 14.5. The van der Waals surface area contributed by atoms with Gasteiger partial charge in [-0.2, -0.15) is 0 Å². The second kappa shape index (κ2) is 7.48. The van der Waals surface area contributed by atoms with Crippen molar-refractivity contribution in [2.24, 2.45) is 0 Å². The normalized spacial score (nSPS) is 16.6. The topological polar surface area (TPSA) is 75.7 Å². The van der Waals surface area contributed by atoms with Gasteiger partial charge in [-0.05, 0) is 30.5 Å². The van der Waals surface area contributed by atoms with Crippen molar-refractivity contribution in [3.8, 4) is 0 Å². The zero-order chi connectivity index (χ0) is 17.8. The van der Waals surface area contributed by atoms with Crippen LogP contribution >= 0.6 is 11.3 Å². The molecule has 1 aliphatic heterocycles. The van der Waals surface area contributed by atoms with Crippen molar-refractivity contribution in [1.82, 2.24) is 0 Å². The number of ether oxygens (including phenoxy) is 1. The van der Waals surface area contributed by atoms with Crippen LogP contribution in [-0.4, -0.2) is 30.4 Å². The summed E-state index contributed by atoms with van der Waals surface area (Å²) in [6, 6.07) is 10.5. The average Bonchev–Trinajstić information content (AvgIpc) is 3.03. The van der Waals surface area contributed by atoms with Gasteiger partial charge < -0.3 is 15.0 Å². The molecule has 1 atom stereocenters. The summed E-state index contributed by atoms with van der Waals surface area (Å²) < 4.78 is 5.13. The number of esters is 1. The lowest BCUT2D eigenvalue weighted by Gasteiger charge is -2.27. The van der Waals surface area contributed by atoms with Crippen LogP contribution in [0.4, 0.5) is 11.4 Å². The maximum Gasteiger partial charge on any atom is 0.311 e. The van der Waals surface area contributed by atoms with Crippen LogP contribution in [0.5, 0.6) is 0 Å². The molecule has 1 aliphatic rings. The number of para-hydroxylation sites is 2. The largest absolute Gasteiger partial charge is 0.455 e. The first kappa shape index (κ1) is 17.2. The molecule has 0 fully saturated rings. The van der Waals surface area contributed by atoms with Crippen LogP contribution in [-0.2, 0) is 25.5 Å². The van der Waals surface area contributed by atoms with Crippen LogP contribution in [0.2, 0.25) is 0 Å². The van der Waals surface area contributed by atoms with Crippen molar-refractivity contribution < 1.29 is 19.1 Å². The molecule has 1 aromatic heterocycles. The fourth-order valence-corrected chi connectivity index (χ4v) is 3.48. The van der Waals surface area contributed by atoms with Gasteiger partial charge in [-0.1, -0.05) is 18.2 Å². The lowest BCUT2D eigenvalue weighted by molar-refractivity contribution is -0.147. The van der Waals surface area contributed by atoms with E-state index in [1.165, 1.54) is 16.2 Å². The lowest BCUT2D eigenvalue weighted by atomic mass is 10.1. The number of carbonyl (C=O) groups excluding carboxylic acids is 3. The predicted molar refractivity (Wildman–Crippen MR) is 95.6 cm³/mol. The maximum atomic E-state index is 12.6. The standard InChI is InChI=1S/C18H18N2O4S/c1-12-9-16(21)19-14-6-2-3-7-15(14)20(12)17(22)11-24-18(23)10-13-5-4-8-25-13/h2-8,12H,9-11H2,1H3,(H,19,21). The third kappa shape index (κ3) is 4.06. The van der Waals surface area contributed by atoms with Crippen LogP contribution in [0.25, 0.3) is 0 Å². The number of nitrogens with one attached hydrogen (secondary N) is 1. The van der Waals surface area contributed by atoms with Gasteiger partial charge in [0.1, 0.15) is 0 Å². The highest BCUT2D eigenvalue weighted by Crippen LogP contribution is 2.31. The first-order chi connectivity index (χ1) is 12.0. The van der Waals surface area contributed by atoms with E-state index in [1.54, 1.807) is 31.2 Å². The molecule has 3 rings (SSSR count). The first-order valence-corrected chi connectivity index (χ1v) is 8.81. The number of hydrogen-bond donors (Lipinski definition) is 1. The van der Waals surface area contributed by atoms with Gasteiger partial charge in [0.15, 0.2) is 6.61 Å². The van der Waals surface area contributed by atoms with Crippen LogP contribution in [0.1, 0.15) is 18.2 Å². The van der Waals surface area contributed by atoms with E-state index in [-0.39, 0.29) is 37.3 Å². The van der Waals surface area contributed by atoms with Crippen molar-refractivity contribution in [3.05, 3.63) is 46.7 Å². The van der Waals surface area contributed by atoms with Crippen molar-refractivity contribution in [2.45, 2.75) is 25.8 Å². The van der Waals surface area contributed by atoms with Crippen molar-refractivity contribution >= 4 is 40.5 Å². The Morgan fingerprint density at radius 2 is 2.08 bits per heavy atom. The van der Waals surface area contributed by atoms with E-state index in [4.69, 9.17) is 4.74 Å². The Bertz CT molecular complexity index is 788. The molecule has 0 saturated heterocycles. The highest BCUT2D eigenvalue weighted by Gasteiger charge is 2.30. The number of nitrogens with zero attached hydrogens (tertiary/aromatic N) is 1. The molecule has 0 spiro atoms. The van der Waals surface area contributed by atoms with Crippen molar-refractivity contribution in [3.63, 3.8) is 0 Å². The molecule has 2 aromatic rings. The number of amides is 2. The van der Waals surface area contributed by atoms with Gasteiger partial charge in [-0.15, -0.1) is 11.3 Å². The summed E-state index contributed by atoms with van der Waals surface area (Å²) in [5.41, 5.74) is 1.19. The Labute approximate surface area is 149 Å². The summed E-state index contributed by atoms with van der Waals surface area (Å²) >= 11 is 1.47. The van der Waals surface area contributed by atoms with E-state index < -0.39 is 5.97 Å². The number of thiophene rings is 1. The molecule has 1 N–H and O–H groups in total. The predicted octanol–water partition coefficient (Wildman–Crippen LogP) is 2.60. The molecule has 0 bridgehead atoms. The van der Waals surface area contributed by atoms with Crippen molar-refractivity contribution in [1.29, 1.82) is 0 Å². The number of hydrogen-bond acceptors (Lipinski definition) is 5. The van der Waals surface area contributed by atoms with E-state index in [2.05, 4.69) is 5.32 Å². The fourth-order valence-electron chi connectivity index (χ4n) is 2.79. The highest BCUT2D eigenvalue weighted by atomic mass is 32.1. The molecule has 0 radical (unpaired) electrons. The minimum atomic E-state index is -0.444. The summed E-state index contributed by atoms with van der Waals surface area (Å²) in [6.07, 6.45) is 0.334. The van der Waals surface area contributed by atoms with Gasteiger partial charge in [0, 0.05) is 17.3 Å². The molecule has 25 heavy (non-hydrogen) atoms. The highest BCUT2D eigenvalue weighted by molar-refractivity contribution is 7.10. The Morgan fingerprint density at radius 3 is 2.84 bits per heavy atom. The van der Waals surface area contributed by atoms with Crippen LogP contribution in [0.15, 0.2) is 41.8 Å². The summed E-state index contributed by atoms with van der Waals surface area (Å²) in [4.78, 5) is 38.9. The molecule has 0 saturated carbocycles. The second-order valence-electron chi connectivity index (χ2n) is 5.80. The molecule has 6 nitrogen and oxygen atoms in total. The summed E-state index contributed by atoms with van der Waals surface area (Å²) in [7, 11) is 0. The number of benzene rings is 1. The number of fused-ring (bicyclic) bond motifs is 1. The monoisotopic (exact) mass is 358 g/mol. The van der Waals surface area contributed by atoms with E-state index in [1.807, 2.05) is 17.5 Å². The van der Waals surface area contributed by atoms with E-state index in [0.29, 0.717) is 11.4 Å². The van der Waals surface area contributed by atoms with Crippen molar-refractivity contribution in [2.75, 3.05) is 16.8 Å². The van der Waals surface area contributed by atoms with Gasteiger partial charge in [0.25, 0.3) is 5.91 Å². The third-order valence-corrected chi connectivity index (χ3v) is 4.76. The number of carbonyl (C=O) groups is 3. The molecule has 2 amide bonds. The lowest BCUT2D eigenvalue weighted by Crippen LogP contribution is -2.41. The molecule has 1 aromatic carbocycles. The Hall–Kier alpha value is -2.67. The van der Waals surface area contributed by atoms with E-state index in [0.717, 1.165) is 4.88 Å². The SMILES string of the molecule is CC1CC(=O)Nc2ccccc2N1C(=O)COC(=O)Cc1cccs1. The van der Waals surface area contributed by atoms with Crippen LogP contribution in [0.3, 0.4) is 0 Å². The number of rotatable bonds is 4. The summed E-state index contributed by atoms with van der Waals surface area (Å²) in [5, 5.41) is 4.68. The maximum absolute atomic E-state index is 12.6. The van der Waals surface area contributed by atoms with Crippen LogP contribution < -0.4 is 10.2 Å². The fraction of sp³-hybridized carbons (Fsp3) is 0.278. The molecule has 7 heteroatoms. The average molecular weight is 358 g/mol. The first-order valence-electron chi connectivity index (χ1n) is 7.93. The minimum absolute atomic E-state index is 0.148. The molecule has 130 valence electrons. The third-order valence-electron chi connectivity index (χ3n) is 3.88. The smallest absolute Gasteiger partial charge is 0.311 e. The Kier molecular flexibility index (Phi) is 5.14. The molecule has 2 heterocycles. The summed E-state index contributed by atoms with van der Waals surface area (Å²) in [6.45, 7) is 1.45. The van der Waals surface area contributed by atoms with Gasteiger partial charge >= 0.3 is 5.97 Å². The molecule has 0 aliphatic carbocycles. The van der Waals surface area contributed by atoms with Gasteiger partial charge in [-0.3, -0.25) is 14.4 Å². The Morgan fingerprint density at radius 1 is 1.28 bits per heavy atom. The van der Waals surface area contributed by atoms with E-state index >= 15 is 0 Å².